The van der Waals surface area contributed by atoms with Gasteiger partial charge in [-0.2, -0.15) is 0 Å². The first-order valence-corrected chi connectivity index (χ1v) is 12.2. The van der Waals surface area contributed by atoms with Crippen molar-refractivity contribution >= 4 is 29.1 Å². The SMILES string of the molecule is CCC(=O)O[C@]1(C(=O)CCl)CC[C@H]2[C@@H]3CC[C@@H]4CC(=O)CC[C@]4(C)[C@]34OC4C[C@@]21C. The van der Waals surface area contributed by atoms with E-state index in [1.165, 1.54) is 0 Å². The van der Waals surface area contributed by atoms with Crippen LogP contribution in [0.3, 0.4) is 0 Å². The number of carbonyl (C=O) groups excluding carboxylic acids is 3. The van der Waals surface area contributed by atoms with Gasteiger partial charge >= 0.3 is 5.97 Å². The molecule has 1 aliphatic heterocycles. The van der Waals surface area contributed by atoms with Gasteiger partial charge in [0, 0.05) is 30.1 Å². The third-order valence-corrected chi connectivity index (χ3v) is 10.4. The Balaban J connectivity index is 1.53. The number of rotatable bonds is 4. The Morgan fingerprint density at radius 1 is 1.13 bits per heavy atom. The molecule has 1 spiro atoms. The highest BCUT2D eigenvalue weighted by Gasteiger charge is 2.82. The fourth-order valence-corrected chi connectivity index (χ4v) is 8.76. The van der Waals surface area contributed by atoms with Crippen molar-refractivity contribution in [3.63, 3.8) is 0 Å². The molecule has 0 N–H and O–H groups in total. The Morgan fingerprint density at radius 3 is 2.60 bits per heavy atom. The number of alkyl halides is 1. The van der Waals surface area contributed by atoms with Crippen LogP contribution in [0.15, 0.2) is 0 Å². The molecule has 0 amide bonds. The molecule has 5 aliphatic rings. The van der Waals surface area contributed by atoms with E-state index in [1.54, 1.807) is 6.92 Å². The minimum absolute atomic E-state index is 0.0255. The van der Waals surface area contributed by atoms with Gasteiger partial charge in [-0.15, -0.1) is 11.6 Å². The van der Waals surface area contributed by atoms with Crippen molar-refractivity contribution in [2.24, 2.45) is 28.6 Å². The van der Waals surface area contributed by atoms with Crippen molar-refractivity contribution < 1.29 is 23.9 Å². The Morgan fingerprint density at radius 2 is 1.90 bits per heavy atom. The smallest absolute Gasteiger partial charge is 0.306 e. The quantitative estimate of drug-likeness (QED) is 0.374. The number of ketones is 2. The zero-order valence-corrected chi connectivity index (χ0v) is 19.1. The molecule has 0 aromatic rings. The van der Waals surface area contributed by atoms with E-state index in [-0.39, 0.29) is 47.1 Å². The molecule has 4 aliphatic carbocycles. The number of halogens is 1. The monoisotopic (exact) mass is 436 g/mol. The molecule has 30 heavy (non-hydrogen) atoms. The average Bonchev–Trinajstić information content (AvgIpc) is 3.37. The summed E-state index contributed by atoms with van der Waals surface area (Å²) in [6, 6.07) is 0. The number of hydrogen-bond acceptors (Lipinski definition) is 5. The molecule has 0 bridgehead atoms. The topological polar surface area (TPSA) is 73.0 Å². The van der Waals surface area contributed by atoms with Crippen molar-refractivity contribution in [1.82, 2.24) is 0 Å². The Hall–Kier alpha value is -0.940. The Kier molecular flexibility index (Phi) is 4.56. The molecule has 0 aromatic carbocycles. The van der Waals surface area contributed by atoms with Gasteiger partial charge < -0.3 is 9.47 Å². The van der Waals surface area contributed by atoms with Crippen LogP contribution in [0.2, 0.25) is 0 Å². The van der Waals surface area contributed by atoms with Gasteiger partial charge in [-0.25, -0.2) is 0 Å². The van der Waals surface area contributed by atoms with E-state index >= 15 is 0 Å². The number of fused-ring (bicyclic) bond motifs is 3. The predicted molar refractivity (Wildman–Crippen MR) is 111 cm³/mol. The van der Waals surface area contributed by atoms with Crippen LogP contribution in [-0.2, 0) is 23.9 Å². The second kappa shape index (κ2) is 6.54. The number of epoxide rings is 1. The van der Waals surface area contributed by atoms with Crippen molar-refractivity contribution in [2.75, 3.05) is 5.88 Å². The molecule has 1 heterocycles. The van der Waals surface area contributed by atoms with E-state index in [9.17, 15) is 14.4 Å². The maximum atomic E-state index is 13.2. The maximum absolute atomic E-state index is 13.2. The van der Waals surface area contributed by atoms with Gasteiger partial charge in [-0.3, -0.25) is 14.4 Å². The van der Waals surface area contributed by atoms with Gasteiger partial charge in [0.25, 0.3) is 0 Å². The summed E-state index contributed by atoms with van der Waals surface area (Å²) in [6.07, 6.45) is 6.79. The highest BCUT2D eigenvalue weighted by atomic mass is 35.5. The number of esters is 1. The standard InChI is InChI=1S/C24H33ClO5/c1-4-20(28)30-23(18(27)13-25)10-8-16-17-6-5-14-11-15(26)7-9-21(14,2)24(17)19(29-24)12-22(16,23)3/h14,16-17,19H,4-13H2,1-3H3/t14-,16+,17+,19?,21+,22+,23+,24+/m1/s1. The second-order valence-electron chi connectivity index (χ2n) is 10.9. The number of ether oxygens (including phenoxy) is 2. The molecule has 5 rings (SSSR count). The van der Waals surface area contributed by atoms with Crippen molar-refractivity contribution in [3.8, 4) is 0 Å². The summed E-state index contributed by atoms with van der Waals surface area (Å²) in [6.45, 7) is 6.25. The lowest BCUT2D eigenvalue weighted by Crippen LogP contribution is -2.64. The maximum Gasteiger partial charge on any atom is 0.306 e. The summed E-state index contributed by atoms with van der Waals surface area (Å²) in [5.41, 5.74) is -1.73. The van der Waals surface area contributed by atoms with Crippen LogP contribution in [-0.4, -0.2) is 40.7 Å². The lowest BCUT2D eigenvalue weighted by atomic mass is 9.44. The van der Waals surface area contributed by atoms with Crippen molar-refractivity contribution in [1.29, 1.82) is 0 Å². The zero-order valence-electron chi connectivity index (χ0n) is 18.3. The average molecular weight is 437 g/mol. The fourth-order valence-electron chi connectivity index (χ4n) is 8.55. The Bertz CT molecular complexity index is 811. The summed E-state index contributed by atoms with van der Waals surface area (Å²) in [7, 11) is 0. The zero-order chi connectivity index (χ0) is 21.5. The number of carbonyl (C=O) groups is 3. The molecule has 5 fully saturated rings. The van der Waals surface area contributed by atoms with Crippen LogP contribution in [0.5, 0.6) is 0 Å². The van der Waals surface area contributed by atoms with Gasteiger partial charge in [-0.1, -0.05) is 20.8 Å². The fraction of sp³-hybridized carbons (Fsp3) is 0.875. The lowest BCUT2D eigenvalue weighted by molar-refractivity contribution is -0.187. The molecule has 1 unspecified atom stereocenters. The van der Waals surface area contributed by atoms with Crippen LogP contribution in [0.1, 0.15) is 78.6 Å². The number of Topliss-reactive ketones (excluding diaryl/α,β-unsaturated/α-hetero) is 2. The first kappa shape index (κ1) is 20.9. The highest BCUT2D eigenvalue weighted by molar-refractivity contribution is 6.29. The molecule has 1 saturated heterocycles. The molecule has 8 atom stereocenters. The predicted octanol–water partition coefficient (Wildman–Crippen LogP) is 4.23. The third kappa shape index (κ3) is 2.32. The third-order valence-electron chi connectivity index (χ3n) is 10.1. The van der Waals surface area contributed by atoms with Crippen LogP contribution < -0.4 is 0 Å². The molecule has 0 aromatic heterocycles. The molecular weight excluding hydrogens is 404 g/mol. The largest absolute Gasteiger partial charge is 0.450 e. The molecule has 166 valence electrons. The summed E-state index contributed by atoms with van der Waals surface area (Å²) < 4.78 is 12.6. The second-order valence-corrected chi connectivity index (χ2v) is 11.2. The van der Waals surface area contributed by atoms with Crippen LogP contribution >= 0.6 is 11.6 Å². The summed E-state index contributed by atoms with van der Waals surface area (Å²) in [5, 5.41) is 0. The van der Waals surface area contributed by atoms with Gasteiger partial charge in [0.2, 0.25) is 0 Å². The molecule has 6 heteroatoms. The lowest BCUT2D eigenvalue weighted by Gasteiger charge is -2.59. The van der Waals surface area contributed by atoms with Crippen LogP contribution in [0.4, 0.5) is 0 Å². The van der Waals surface area contributed by atoms with E-state index in [4.69, 9.17) is 21.1 Å². The van der Waals surface area contributed by atoms with Gasteiger partial charge in [0.05, 0.1) is 12.0 Å². The van der Waals surface area contributed by atoms with Gasteiger partial charge in [0.15, 0.2) is 11.4 Å². The van der Waals surface area contributed by atoms with Crippen molar-refractivity contribution in [3.05, 3.63) is 0 Å². The van der Waals surface area contributed by atoms with E-state index in [1.807, 2.05) is 0 Å². The van der Waals surface area contributed by atoms with E-state index in [0.29, 0.717) is 36.9 Å². The van der Waals surface area contributed by atoms with Crippen LogP contribution in [0.25, 0.3) is 0 Å². The number of hydrogen-bond donors (Lipinski definition) is 0. The van der Waals surface area contributed by atoms with E-state index < -0.39 is 11.0 Å². The van der Waals surface area contributed by atoms with Crippen molar-refractivity contribution in [2.45, 2.75) is 95.9 Å². The minimum Gasteiger partial charge on any atom is -0.450 e. The van der Waals surface area contributed by atoms with E-state index in [0.717, 1.165) is 32.1 Å². The van der Waals surface area contributed by atoms with Gasteiger partial charge in [-0.05, 0) is 56.3 Å². The minimum atomic E-state index is -1.13. The highest BCUT2D eigenvalue weighted by Crippen LogP contribution is 2.77. The van der Waals surface area contributed by atoms with Gasteiger partial charge in [0.1, 0.15) is 11.4 Å². The van der Waals surface area contributed by atoms with E-state index in [2.05, 4.69) is 13.8 Å². The van der Waals surface area contributed by atoms with Crippen LogP contribution in [0, 0.1) is 28.6 Å². The first-order chi connectivity index (χ1) is 14.2. The summed E-state index contributed by atoms with van der Waals surface area (Å²) in [4.78, 5) is 37.7. The summed E-state index contributed by atoms with van der Waals surface area (Å²) >= 11 is 6.05. The first-order valence-electron chi connectivity index (χ1n) is 11.7. The summed E-state index contributed by atoms with van der Waals surface area (Å²) in [5.74, 6) is 0.784. The normalized spacial score (nSPS) is 51.3. The Labute approximate surface area is 183 Å². The molecule has 4 saturated carbocycles. The molecular formula is C24H33ClO5. The molecule has 5 nitrogen and oxygen atoms in total. The molecule has 0 radical (unpaired) electrons.